The summed E-state index contributed by atoms with van der Waals surface area (Å²) in [5.74, 6) is -0.363. The van der Waals surface area contributed by atoms with E-state index in [-0.39, 0.29) is 12.5 Å². The maximum Gasteiger partial charge on any atom is 0.435 e. The van der Waals surface area contributed by atoms with Gasteiger partial charge in [-0.1, -0.05) is 6.07 Å². The Morgan fingerprint density at radius 1 is 1.40 bits per heavy atom. The van der Waals surface area contributed by atoms with Crippen molar-refractivity contribution in [2.24, 2.45) is 0 Å². The molecular weight excluding hydrogens is 291 g/mol. The van der Waals surface area contributed by atoms with Gasteiger partial charge < -0.3 is 5.32 Å². The van der Waals surface area contributed by atoms with E-state index in [1.165, 1.54) is 0 Å². The van der Waals surface area contributed by atoms with E-state index < -0.39 is 11.9 Å². The number of carbonyl (C=O) groups excluding carboxylic acids is 1. The van der Waals surface area contributed by atoms with Crippen molar-refractivity contribution < 1.29 is 18.0 Å². The molecule has 1 amide bonds. The van der Waals surface area contributed by atoms with Crippen LogP contribution in [0.25, 0.3) is 0 Å². The first-order valence-electron chi connectivity index (χ1n) is 5.85. The number of hydrogen-bond donors (Lipinski definition) is 1. The van der Waals surface area contributed by atoms with Crippen molar-refractivity contribution in [3.63, 3.8) is 0 Å². The average molecular weight is 303 g/mol. The van der Waals surface area contributed by atoms with E-state index in [4.69, 9.17) is 0 Å². The van der Waals surface area contributed by atoms with Crippen molar-refractivity contribution in [2.75, 3.05) is 6.54 Å². The van der Waals surface area contributed by atoms with Gasteiger partial charge in [0.1, 0.15) is 6.54 Å². The number of carbonyl (C=O) groups is 1. The zero-order chi connectivity index (χ0) is 14.6. The van der Waals surface area contributed by atoms with Crippen LogP contribution in [-0.4, -0.2) is 22.2 Å². The average Bonchev–Trinajstić information content (AvgIpc) is 2.98. The molecule has 0 radical (unpaired) electrons. The number of nitrogens with zero attached hydrogens (tertiary/aromatic N) is 2. The van der Waals surface area contributed by atoms with Crippen LogP contribution in [0.15, 0.2) is 29.8 Å². The Bertz CT molecular complexity index is 563. The second kappa shape index (κ2) is 6.08. The first kappa shape index (κ1) is 14.6. The molecule has 0 aliphatic heterocycles. The van der Waals surface area contributed by atoms with Crippen LogP contribution in [0, 0.1) is 0 Å². The van der Waals surface area contributed by atoms with Crippen LogP contribution in [0.2, 0.25) is 0 Å². The lowest BCUT2D eigenvalue weighted by Crippen LogP contribution is -2.29. The molecule has 0 aliphatic carbocycles. The third-order valence-electron chi connectivity index (χ3n) is 2.51. The van der Waals surface area contributed by atoms with Gasteiger partial charge in [0.25, 0.3) is 0 Å². The van der Waals surface area contributed by atoms with Crippen LogP contribution in [0.5, 0.6) is 0 Å². The molecule has 0 aliphatic rings. The van der Waals surface area contributed by atoms with Crippen molar-refractivity contribution in [1.29, 1.82) is 0 Å². The van der Waals surface area contributed by atoms with Crippen LogP contribution < -0.4 is 5.32 Å². The lowest BCUT2D eigenvalue weighted by molar-refractivity contribution is -0.141. The van der Waals surface area contributed by atoms with Gasteiger partial charge in [0, 0.05) is 17.6 Å². The number of amides is 1. The number of nitrogens with one attached hydrogen (secondary N) is 1. The minimum absolute atomic E-state index is 0.222. The first-order chi connectivity index (χ1) is 9.45. The Kier molecular flexibility index (Phi) is 4.43. The molecule has 1 N–H and O–H groups in total. The predicted octanol–water partition coefficient (Wildman–Crippen LogP) is 2.32. The first-order valence-corrected chi connectivity index (χ1v) is 6.73. The van der Waals surface area contributed by atoms with E-state index >= 15 is 0 Å². The van der Waals surface area contributed by atoms with Gasteiger partial charge >= 0.3 is 6.18 Å². The summed E-state index contributed by atoms with van der Waals surface area (Å²) in [6.07, 6.45) is -2.64. The number of hydrogen-bond acceptors (Lipinski definition) is 3. The Morgan fingerprint density at radius 2 is 2.20 bits per heavy atom. The van der Waals surface area contributed by atoms with E-state index in [0.717, 1.165) is 21.8 Å². The van der Waals surface area contributed by atoms with Gasteiger partial charge in [0.2, 0.25) is 5.91 Å². The fourth-order valence-electron chi connectivity index (χ4n) is 1.58. The SMILES string of the molecule is O=C(Cn1ccc(C(F)(F)F)n1)NCCc1cccs1. The van der Waals surface area contributed by atoms with Crippen molar-refractivity contribution in [2.45, 2.75) is 19.1 Å². The maximum absolute atomic E-state index is 12.3. The highest BCUT2D eigenvalue weighted by Crippen LogP contribution is 2.27. The Hall–Kier alpha value is -1.83. The molecule has 2 rings (SSSR count). The number of thiophene rings is 1. The van der Waals surface area contributed by atoms with Crippen molar-refractivity contribution in [3.8, 4) is 0 Å². The molecular formula is C12H12F3N3OS. The monoisotopic (exact) mass is 303 g/mol. The summed E-state index contributed by atoms with van der Waals surface area (Å²) in [5, 5.41) is 7.90. The summed E-state index contributed by atoms with van der Waals surface area (Å²) >= 11 is 1.59. The molecule has 2 heterocycles. The molecule has 0 saturated heterocycles. The minimum atomic E-state index is -4.49. The lowest BCUT2D eigenvalue weighted by atomic mass is 10.3. The summed E-state index contributed by atoms with van der Waals surface area (Å²) in [6, 6.07) is 4.73. The summed E-state index contributed by atoms with van der Waals surface area (Å²) in [7, 11) is 0. The van der Waals surface area contributed by atoms with Crippen LogP contribution >= 0.6 is 11.3 Å². The maximum atomic E-state index is 12.3. The van der Waals surface area contributed by atoms with Gasteiger partial charge in [-0.3, -0.25) is 9.48 Å². The van der Waals surface area contributed by atoms with Crippen molar-refractivity contribution in [1.82, 2.24) is 15.1 Å². The molecule has 0 bridgehead atoms. The highest BCUT2D eigenvalue weighted by Gasteiger charge is 2.33. The second-order valence-corrected chi connectivity index (χ2v) is 5.11. The molecule has 0 spiro atoms. The van der Waals surface area contributed by atoms with E-state index in [0.29, 0.717) is 13.0 Å². The van der Waals surface area contributed by atoms with Gasteiger partial charge in [0.15, 0.2) is 5.69 Å². The van der Waals surface area contributed by atoms with E-state index in [1.54, 1.807) is 11.3 Å². The Morgan fingerprint density at radius 3 is 2.80 bits per heavy atom. The van der Waals surface area contributed by atoms with Gasteiger partial charge in [-0.05, 0) is 23.9 Å². The molecule has 108 valence electrons. The highest BCUT2D eigenvalue weighted by atomic mass is 32.1. The lowest BCUT2D eigenvalue weighted by Gasteiger charge is -2.05. The molecule has 0 atom stereocenters. The molecule has 0 aromatic carbocycles. The minimum Gasteiger partial charge on any atom is -0.354 e. The number of alkyl halides is 3. The number of aromatic nitrogens is 2. The zero-order valence-corrected chi connectivity index (χ0v) is 11.2. The Balaban J connectivity index is 1.78. The van der Waals surface area contributed by atoms with Crippen molar-refractivity contribution >= 4 is 17.2 Å². The zero-order valence-electron chi connectivity index (χ0n) is 10.4. The van der Waals surface area contributed by atoms with E-state index in [2.05, 4.69) is 10.4 Å². The molecule has 0 unspecified atom stereocenters. The van der Waals surface area contributed by atoms with Crippen molar-refractivity contribution in [3.05, 3.63) is 40.3 Å². The van der Waals surface area contributed by atoms with Gasteiger partial charge in [-0.25, -0.2) is 0 Å². The molecule has 2 aromatic rings. The number of rotatable bonds is 5. The van der Waals surface area contributed by atoms with Crippen LogP contribution in [-0.2, 0) is 23.9 Å². The number of halogens is 3. The van der Waals surface area contributed by atoms with Crippen LogP contribution in [0.3, 0.4) is 0 Å². The third kappa shape index (κ3) is 4.09. The summed E-state index contributed by atoms with van der Waals surface area (Å²) < 4.78 is 37.9. The standard InChI is InChI=1S/C12H12F3N3OS/c13-12(14,15)10-4-6-18(17-10)8-11(19)16-5-3-9-2-1-7-20-9/h1-2,4,6-7H,3,5,8H2,(H,16,19). The van der Waals surface area contributed by atoms with Crippen LogP contribution in [0.4, 0.5) is 13.2 Å². The summed E-state index contributed by atoms with van der Waals surface area (Å²) in [6.45, 7) is 0.229. The quantitative estimate of drug-likeness (QED) is 0.921. The normalized spacial score (nSPS) is 11.6. The summed E-state index contributed by atoms with van der Waals surface area (Å²) in [4.78, 5) is 12.7. The topological polar surface area (TPSA) is 46.9 Å². The largest absolute Gasteiger partial charge is 0.435 e. The highest BCUT2D eigenvalue weighted by molar-refractivity contribution is 7.09. The molecule has 0 fully saturated rings. The molecule has 8 heteroatoms. The van der Waals surface area contributed by atoms with E-state index in [1.807, 2.05) is 17.5 Å². The molecule has 20 heavy (non-hydrogen) atoms. The fraction of sp³-hybridized carbons (Fsp3) is 0.333. The smallest absolute Gasteiger partial charge is 0.354 e. The van der Waals surface area contributed by atoms with Crippen LogP contribution in [0.1, 0.15) is 10.6 Å². The van der Waals surface area contributed by atoms with Gasteiger partial charge in [-0.2, -0.15) is 18.3 Å². The predicted molar refractivity (Wildman–Crippen MR) is 68.3 cm³/mol. The second-order valence-electron chi connectivity index (χ2n) is 4.08. The van der Waals surface area contributed by atoms with Gasteiger partial charge in [0.05, 0.1) is 0 Å². The van der Waals surface area contributed by atoms with Gasteiger partial charge in [-0.15, -0.1) is 11.3 Å². The molecule has 0 saturated carbocycles. The molecule has 4 nitrogen and oxygen atoms in total. The molecule has 2 aromatic heterocycles. The van der Waals surface area contributed by atoms with E-state index in [9.17, 15) is 18.0 Å². The fourth-order valence-corrected chi connectivity index (χ4v) is 2.29. The Labute approximate surface area is 117 Å². The third-order valence-corrected chi connectivity index (χ3v) is 3.45. The summed E-state index contributed by atoms with van der Waals surface area (Å²) in [5.41, 5.74) is -0.996.